The normalized spacial score (nSPS) is 20.8. The van der Waals surface area contributed by atoms with E-state index in [1.165, 1.54) is 30.2 Å². The number of benzene rings is 1. The van der Waals surface area contributed by atoms with Gasteiger partial charge in [0.25, 0.3) is 5.91 Å². The molecule has 1 unspecified atom stereocenters. The molecule has 0 bridgehead atoms. The lowest BCUT2D eigenvalue weighted by Gasteiger charge is -2.35. The van der Waals surface area contributed by atoms with E-state index >= 15 is 0 Å². The first kappa shape index (κ1) is 20.8. The predicted molar refractivity (Wildman–Crippen MR) is 106 cm³/mol. The summed E-state index contributed by atoms with van der Waals surface area (Å²) < 4.78 is 43.6. The van der Waals surface area contributed by atoms with Gasteiger partial charge in [0.2, 0.25) is 5.91 Å². The van der Waals surface area contributed by atoms with E-state index in [-0.39, 0.29) is 23.1 Å². The van der Waals surface area contributed by atoms with E-state index in [9.17, 15) is 22.8 Å². The summed E-state index contributed by atoms with van der Waals surface area (Å²) in [5.41, 5.74) is 0.00463. The van der Waals surface area contributed by atoms with Crippen LogP contribution in [0.25, 0.3) is 0 Å². The largest absolute Gasteiger partial charge is 0.459 e. The smallest absolute Gasteiger partial charge is 0.416 e. The molecule has 2 saturated heterocycles. The fraction of sp³-hybridized carbons (Fsp3) is 0.429. The maximum atomic E-state index is 12.8. The Morgan fingerprint density at radius 2 is 1.83 bits per heavy atom. The van der Waals surface area contributed by atoms with Crippen LogP contribution < -0.4 is 0 Å². The number of rotatable bonds is 4. The van der Waals surface area contributed by atoms with Crippen LogP contribution in [0.2, 0.25) is 0 Å². The maximum Gasteiger partial charge on any atom is 0.416 e. The fourth-order valence-corrected chi connectivity index (χ4v) is 5.12. The molecule has 4 rings (SSSR count). The van der Waals surface area contributed by atoms with Gasteiger partial charge < -0.3 is 14.2 Å². The molecule has 1 atom stereocenters. The van der Waals surface area contributed by atoms with Gasteiger partial charge in [-0.15, -0.1) is 11.8 Å². The second-order valence-corrected chi connectivity index (χ2v) is 8.61. The highest BCUT2D eigenvalue weighted by atomic mass is 32.2. The van der Waals surface area contributed by atoms with Crippen LogP contribution in [0, 0.1) is 5.92 Å². The molecule has 0 spiro atoms. The zero-order chi connectivity index (χ0) is 21.3. The molecule has 160 valence electrons. The summed E-state index contributed by atoms with van der Waals surface area (Å²) in [6.45, 7) is 1.72. The van der Waals surface area contributed by atoms with E-state index in [1.807, 2.05) is 0 Å². The van der Waals surface area contributed by atoms with E-state index in [0.29, 0.717) is 36.7 Å². The van der Waals surface area contributed by atoms with Gasteiger partial charge in [0.05, 0.1) is 17.6 Å². The van der Waals surface area contributed by atoms with Gasteiger partial charge in [-0.2, -0.15) is 13.2 Å². The van der Waals surface area contributed by atoms with Gasteiger partial charge in [-0.05, 0) is 48.6 Å². The number of amides is 2. The molecule has 2 amide bonds. The third-order valence-corrected chi connectivity index (χ3v) is 6.84. The minimum atomic E-state index is -4.38. The number of furan rings is 1. The molecule has 5 nitrogen and oxygen atoms in total. The highest BCUT2D eigenvalue weighted by Gasteiger charge is 2.36. The number of hydrogen-bond donors (Lipinski definition) is 0. The second-order valence-electron chi connectivity index (χ2n) is 7.54. The van der Waals surface area contributed by atoms with E-state index in [0.717, 1.165) is 25.0 Å². The number of carbonyl (C=O) groups is 2. The molecule has 0 aliphatic carbocycles. The van der Waals surface area contributed by atoms with Crippen LogP contribution in [0.3, 0.4) is 0 Å². The molecule has 2 aliphatic heterocycles. The van der Waals surface area contributed by atoms with Crippen molar-refractivity contribution in [1.82, 2.24) is 9.80 Å². The van der Waals surface area contributed by atoms with Crippen LogP contribution in [-0.4, -0.2) is 47.0 Å². The summed E-state index contributed by atoms with van der Waals surface area (Å²) in [6, 6.07) is 8.36. The molecule has 0 radical (unpaired) electrons. The number of carbonyl (C=O) groups excluding carboxylic acids is 2. The van der Waals surface area contributed by atoms with Gasteiger partial charge in [0, 0.05) is 19.6 Å². The third-order valence-electron chi connectivity index (χ3n) is 5.58. The van der Waals surface area contributed by atoms with Crippen molar-refractivity contribution in [2.24, 2.45) is 5.92 Å². The lowest BCUT2D eigenvalue weighted by Crippen LogP contribution is -2.42. The summed E-state index contributed by atoms with van der Waals surface area (Å²) in [6.07, 6.45) is -1.38. The van der Waals surface area contributed by atoms with Crippen molar-refractivity contribution in [3.63, 3.8) is 0 Å². The first-order valence-corrected chi connectivity index (χ1v) is 10.8. The van der Waals surface area contributed by atoms with Crippen molar-refractivity contribution in [3.8, 4) is 0 Å². The number of likely N-dealkylation sites (tertiary alicyclic amines) is 1. The Morgan fingerprint density at radius 3 is 2.43 bits per heavy atom. The summed E-state index contributed by atoms with van der Waals surface area (Å²) in [5, 5.41) is -0.275. The van der Waals surface area contributed by atoms with Gasteiger partial charge in [-0.1, -0.05) is 12.1 Å². The quantitative estimate of drug-likeness (QED) is 0.709. The Kier molecular flexibility index (Phi) is 5.81. The van der Waals surface area contributed by atoms with E-state index in [4.69, 9.17) is 4.42 Å². The van der Waals surface area contributed by atoms with Crippen LogP contribution in [0.1, 0.15) is 39.9 Å². The maximum absolute atomic E-state index is 12.8. The average Bonchev–Trinajstić information content (AvgIpc) is 3.38. The summed E-state index contributed by atoms with van der Waals surface area (Å²) in [5.74, 6) is 0.752. The van der Waals surface area contributed by atoms with Crippen LogP contribution in [0.4, 0.5) is 13.2 Å². The van der Waals surface area contributed by atoms with Crippen LogP contribution in [0.15, 0.2) is 47.1 Å². The van der Waals surface area contributed by atoms with Crippen LogP contribution in [0.5, 0.6) is 0 Å². The van der Waals surface area contributed by atoms with Crippen molar-refractivity contribution < 1.29 is 27.2 Å². The number of thioether (sulfide) groups is 1. The number of halogens is 3. The van der Waals surface area contributed by atoms with Crippen molar-refractivity contribution in [2.75, 3.05) is 25.4 Å². The van der Waals surface area contributed by atoms with Crippen molar-refractivity contribution >= 4 is 23.6 Å². The first-order valence-electron chi connectivity index (χ1n) is 9.74. The fourth-order valence-electron chi connectivity index (χ4n) is 3.92. The SMILES string of the molecule is O=C(c1ccco1)N1CCC(CN2C(=O)CSC2c2ccc(C(F)(F)F)cc2)CC1. The topological polar surface area (TPSA) is 53.8 Å². The number of piperidine rings is 1. The van der Waals surface area contributed by atoms with E-state index in [2.05, 4.69) is 0 Å². The highest BCUT2D eigenvalue weighted by Crippen LogP contribution is 2.40. The van der Waals surface area contributed by atoms with E-state index < -0.39 is 11.7 Å². The van der Waals surface area contributed by atoms with Crippen LogP contribution >= 0.6 is 11.8 Å². The van der Waals surface area contributed by atoms with Gasteiger partial charge in [0.15, 0.2) is 5.76 Å². The predicted octanol–water partition coefficient (Wildman–Crippen LogP) is 4.42. The molecule has 2 aromatic rings. The standard InChI is InChI=1S/C21H21F3N2O3S/c22-21(23,24)16-5-3-15(4-6-16)20-26(18(27)13-30-20)12-14-7-9-25(10-8-14)19(28)17-2-1-11-29-17/h1-6,11,14,20H,7-10,12-13H2. The molecule has 3 heterocycles. The van der Waals surface area contributed by atoms with Crippen LogP contribution in [-0.2, 0) is 11.0 Å². The lowest BCUT2D eigenvalue weighted by molar-refractivity contribution is -0.137. The number of alkyl halides is 3. The molecule has 0 N–H and O–H groups in total. The van der Waals surface area contributed by atoms with Gasteiger partial charge in [0.1, 0.15) is 5.37 Å². The molecule has 30 heavy (non-hydrogen) atoms. The molecule has 2 fully saturated rings. The minimum Gasteiger partial charge on any atom is -0.459 e. The van der Waals surface area contributed by atoms with Gasteiger partial charge in [-0.3, -0.25) is 9.59 Å². The third kappa shape index (κ3) is 4.35. The monoisotopic (exact) mass is 438 g/mol. The minimum absolute atomic E-state index is 0.000936. The molecular weight excluding hydrogens is 417 g/mol. The molecule has 1 aromatic carbocycles. The van der Waals surface area contributed by atoms with Gasteiger partial charge >= 0.3 is 6.18 Å². The number of hydrogen-bond acceptors (Lipinski definition) is 4. The lowest BCUT2D eigenvalue weighted by atomic mass is 9.95. The Labute approximate surface area is 176 Å². The highest BCUT2D eigenvalue weighted by molar-refractivity contribution is 8.00. The summed E-state index contributed by atoms with van der Waals surface area (Å²) >= 11 is 1.44. The van der Waals surface area contributed by atoms with Crippen molar-refractivity contribution in [3.05, 3.63) is 59.5 Å². The van der Waals surface area contributed by atoms with Crippen molar-refractivity contribution in [2.45, 2.75) is 24.4 Å². The Morgan fingerprint density at radius 1 is 1.13 bits per heavy atom. The Balaban J connectivity index is 1.37. The second kappa shape index (κ2) is 8.37. The molecule has 0 saturated carbocycles. The zero-order valence-corrected chi connectivity index (χ0v) is 16.9. The van der Waals surface area contributed by atoms with E-state index in [1.54, 1.807) is 21.9 Å². The number of nitrogens with zero attached hydrogens (tertiary/aromatic N) is 2. The summed E-state index contributed by atoms with van der Waals surface area (Å²) in [4.78, 5) is 28.3. The molecular formula is C21H21F3N2O3S. The average molecular weight is 438 g/mol. The molecule has 9 heteroatoms. The first-order chi connectivity index (χ1) is 14.3. The van der Waals surface area contributed by atoms with Crippen molar-refractivity contribution in [1.29, 1.82) is 0 Å². The van der Waals surface area contributed by atoms with Gasteiger partial charge in [-0.25, -0.2) is 0 Å². The Hall–Kier alpha value is -2.42. The summed E-state index contributed by atoms with van der Waals surface area (Å²) in [7, 11) is 0. The zero-order valence-electron chi connectivity index (χ0n) is 16.1. The Bertz CT molecular complexity index is 891. The molecule has 2 aliphatic rings. The molecule has 1 aromatic heterocycles.